The fourth-order valence-electron chi connectivity index (χ4n) is 2.51. The molecule has 2 rings (SSSR count). The minimum atomic E-state index is -0.214. The first-order valence-electron chi connectivity index (χ1n) is 8.10. The molecule has 0 aliphatic rings. The summed E-state index contributed by atoms with van der Waals surface area (Å²) < 4.78 is 10.8. The van der Waals surface area contributed by atoms with Crippen molar-refractivity contribution in [2.24, 2.45) is 5.92 Å². The smallest absolute Gasteiger partial charge is 0.258 e. The number of hydrogen-bond acceptors (Lipinski definition) is 4. The number of nitrogens with zero attached hydrogens (tertiary/aromatic N) is 1. The van der Waals surface area contributed by atoms with E-state index in [0.29, 0.717) is 17.1 Å². The number of carbonyl (C=O) groups excluding carboxylic acids is 1. The van der Waals surface area contributed by atoms with E-state index in [1.54, 1.807) is 18.2 Å². The second-order valence-electron chi connectivity index (χ2n) is 5.97. The number of ether oxygens (including phenoxy) is 2. The van der Waals surface area contributed by atoms with Crippen LogP contribution < -0.4 is 14.8 Å². The monoisotopic (exact) mass is 338 g/mol. The lowest BCUT2D eigenvalue weighted by atomic mass is 9.96. The second-order valence-corrected chi connectivity index (χ2v) is 5.97. The molecule has 0 aromatic heterocycles. The molecule has 1 unspecified atom stereocenters. The van der Waals surface area contributed by atoms with Gasteiger partial charge in [0.25, 0.3) is 5.91 Å². The van der Waals surface area contributed by atoms with E-state index in [2.05, 4.69) is 19.2 Å². The van der Waals surface area contributed by atoms with E-state index in [0.717, 1.165) is 5.56 Å². The average Bonchev–Trinajstić information content (AvgIpc) is 2.64. The highest BCUT2D eigenvalue weighted by Crippen LogP contribution is 2.28. The molecule has 5 heteroatoms. The second kappa shape index (κ2) is 8.74. The molecule has 2 aromatic rings. The summed E-state index contributed by atoms with van der Waals surface area (Å²) >= 11 is 0. The van der Waals surface area contributed by atoms with Gasteiger partial charge in [-0.15, -0.1) is 0 Å². The van der Waals surface area contributed by atoms with E-state index in [1.807, 2.05) is 36.4 Å². The van der Waals surface area contributed by atoms with Crippen molar-refractivity contribution >= 4 is 5.91 Å². The molecule has 0 fully saturated rings. The van der Waals surface area contributed by atoms with Crippen molar-refractivity contribution < 1.29 is 14.3 Å². The van der Waals surface area contributed by atoms with Crippen molar-refractivity contribution in [1.82, 2.24) is 5.32 Å². The van der Waals surface area contributed by atoms with Gasteiger partial charge in [0.2, 0.25) is 0 Å². The van der Waals surface area contributed by atoms with Crippen LogP contribution in [0.2, 0.25) is 0 Å². The van der Waals surface area contributed by atoms with Crippen LogP contribution in [-0.2, 0) is 4.79 Å². The molecule has 5 nitrogen and oxygen atoms in total. The van der Waals surface area contributed by atoms with Crippen molar-refractivity contribution in [3.63, 3.8) is 0 Å². The summed E-state index contributed by atoms with van der Waals surface area (Å²) in [6.07, 6.45) is 0. The highest BCUT2D eigenvalue weighted by Gasteiger charge is 2.18. The van der Waals surface area contributed by atoms with Crippen LogP contribution in [0.3, 0.4) is 0 Å². The first-order valence-corrected chi connectivity index (χ1v) is 8.10. The topological polar surface area (TPSA) is 71.3 Å². The van der Waals surface area contributed by atoms with Gasteiger partial charge in [-0.2, -0.15) is 5.26 Å². The summed E-state index contributed by atoms with van der Waals surface area (Å²) in [6.45, 7) is 3.99. The predicted octanol–water partition coefficient (Wildman–Crippen LogP) is 3.46. The Labute approximate surface area is 148 Å². The van der Waals surface area contributed by atoms with Gasteiger partial charge >= 0.3 is 0 Å². The average molecular weight is 338 g/mol. The van der Waals surface area contributed by atoms with Gasteiger partial charge in [0.1, 0.15) is 0 Å². The third kappa shape index (κ3) is 4.98. The number of nitriles is 1. The van der Waals surface area contributed by atoms with E-state index in [9.17, 15) is 4.79 Å². The van der Waals surface area contributed by atoms with Crippen molar-refractivity contribution in [2.75, 3.05) is 13.7 Å². The van der Waals surface area contributed by atoms with Gasteiger partial charge in [-0.1, -0.05) is 44.2 Å². The number of hydrogen-bond donors (Lipinski definition) is 1. The van der Waals surface area contributed by atoms with Crippen molar-refractivity contribution in [2.45, 2.75) is 19.9 Å². The zero-order chi connectivity index (χ0) is 18.2. The van der Waals surface area contributed by atoms with Gasteiger partial charge in [-0.3, -0.25) is 4.79 Å². The normalized spacial score (nSPS) is 11.5. The highest BCUT2D eigenvalue weighted by atomic mass is 16.5. The van der Waals surface area contributed by atoms with Crippen LogP contribution >= 0.6 is 0 Å². The summed E-state index contributed by atoms with van der Waals surface area (Å²) in [6, 6.07) is 16.6. The minimum Gasteiger partial charge on any atom is -0.493 e. The van der Waals surface area contributed by atoms with E-state index < -0.39 is 0 Å². The Balaban J connectivity index is 2.01. The third-order valence-electron chi connectivity index (χ3n) is 3.79. The van der Waals surface area contributed by atoms with E-state index in [-0.39, 0.29) is 24.5 Å². The molecule has 25 heavy (non-hydrogen) atoms. The molecule has 2 aromatic carbocycles. The van der Waals surface area contributed by atoms with Gasteiger partial charge in [-0.05, 0) is 23.6 Å². The molecule has 130 valence electrons. The van der Waals surface area contributed by atoms with Crippen molar-refractivity contribution in [1.29, 1.82) is 5.26 Å². The van der Waals surface area contributed by atoms with Crippen LogP contribution in [0.5, 0.6) is 11.5 Å². The lowest BCUT2D eigenvalue weighted by molar-refractivity contribution is -0.124. The van der Waals surface area contributed by atoms with E-state index >= 15 is 0 Å². The maximum atomic E-state index is 12.3. The van der Waals surface area contributed by atoms with Gasteiger partial charge < -0.3 is 14.8 Å². The lowest BCUT2D eigenvalue weighted by Crippen LogP contribution is -2.35. The maximum Gasteiger partial charge on any atom is 0.258 e. The third-order valence-corrected chi connectivity index (χ3v) is 3.79. The molecule has 0 saturated carbocycles. The van der Waals surface area contributed by atoms with Crippen molar-refractivity contribution in [3.8, 4) is 17.6 Å². The molecular formula is C20H22N2O3. The fourth-order valence-corrected chi connectivity index (χ4v) is 2.51. The summed E-state index contributed by atoms with van der Waals surface area (Å²) in [5, 5.41) is 11.9. The molecular weight excluding hydrogens is 316 g/mol. The van der Waals surface area contributed by atoms with Crippen LogP contribution in [0.4, 0.5) is 0 Å². The zero-order valence-electron chi connectivity index (χ0n) is 14.7. The minimum absolute atomic E-state index is 0.0832. The van der Waals surface area contributed by atoms with E-state index in [1.165, 1.54) is 7.11 Å². The Bertz CT molecular complexity index is 751. The van der Waals surface area contributed by atoms with Gasteiger partial charge in [0, 0.05) is 6.07 Å². The van der Waals surface area contributed by atoms with Crippen LogP contribution in [0.1, 0.15) is 31.0 Å². The molecule has 1 N–H and O–H groups in total. The number of methoxy groups -OCH3 is 1. The summed E-state index contributed by atoms with van der Waals surface area (Å²) in [7, 11) is 1.49. The fraction of sp³-hybridized carbons (Fsp3) is 0.300. The van der Waals surface area contributed by atoms with Gasteiger partial charge in [-0.25, -0.2) is 0 Å². The van der Waals surface area contributed by atoms with Crippen LogP contribution in [0.15, 0.2) is 48.5 Å². The maximum absolute atomic E-state index is 12.3. The highest BCUT2D eigenvalue weighted by molar-refractivity contribution is 5.78. The quantitative estimate of drug-likeness (QED) is 0.839. The number of benzene rings is 2. The summed E-state index contributed by atoms with van der Waals surface area (Å²) in [5.41, 5.74) is 1.53. The Kier molecular flexibility index (Phi) is 6.41. The van der Waals surface area contributed by atoms with Gasteiger partial charge in [0.15, 0.2) is 18.1 Å². The molecule has 0 bridgehead atoms. The Hall–Kier alpha value is -3.00. The predicted molar refractivity (Wildman–Crippen MR) is 95.4 cm³/mol. The molecule has 0 aliphatic heterocycles. The Morgan fingerprint density at radius 1 is 1.16 bits per heavy atom. The number of amides is 1. The molecule has 1 atom stereocenters. The lowest BCUT2D eigenvalue weighted by Gasteiger charge is -2.23. The van der Waals surface area contributed by atoms with Gasteiger partial charge in [0.05, 0.1) is 24.8 Å². The molecule has 0 heterocycles. The SMILES string of the molecule is COc1cc(C#N)ccc1OCC(=O)NC(c1ccccc1)C(C)C. The molecule has 0 saturated heterocycles. The largest absolute Gasteiger partial charge is 0.493 e. The Morgan fingerprint density at radius 2 is 1.88 bits per heavy atom. The van der Waals surface area contributed by atoms with E-state index in [4.69, 9.17) is 14.7 Å². The van der Waals surface area contributed by atoms with Crippen LogP contribution in [-0.4, -0.2) is 19.6 Å². The first-order chi connectivity index (χ1) is 12.0. The number of carbonyl (C=O) groups is 1. The molecule has 0 aliphatic carbocycles. The molecule has 0 radical (unpaired) electrons. The molecule has 1 amide bonds. The standard InChI is InChI=1S/C20H22N2O3/c1-14(2)20(16-7-5-4-6-8-16)22-19(23)13-25-17-10-9-15(12-21)11-18(17)24-3/h4-11,14,20H,13H2,1-3H3,(H,22,23). The summed E-state index contributed by atoms with van der Waals surface area (Å²) in [4.78, 5) is 12.3. The molecule has 0 spiro atoms. The number of nitrogens with one attached hydrogen (secondary N) is 1. The van der Waals surface area contributed by atoms with Crippen LogP contribution in [0, 0.1) is 17.2 Å². The Morgan fingerprint density at radius 3 is 2.48 bits per heavy atom. The zero-order valence-corrected chi connectivity index (χ0v) is 14.7. The van der Waals surface area contributed by atoms with Crippen LogP contribution in [0.25, 0.3) is 0 Å². The summed E-state index contributed by atoms with van der Waals surface area (Å²) in [5.74, 6) is 0.887. The first kappa shape index (κ1) is 18.3. The van der Waals surface area contributed by atoms with Crippen molar-refractivity contribution in [3.05, 3.63) is 59.7 Å². The number of rotatable bonds is 7.